The number of aliphatic carboxylic acids is 1. The number of carboxylic acid groups (broad SMARTS) is 1. The molecule has 0 unspecified atom stereocenters. The quantitative estimate of drug-likeness (QED) is 0.773. The van der Waals surface area contributed by atoms with Gasteiger partial charge in [-0.1, -0.05) is 12.8 Å². The number of nitrogens with zero attached hydrogens (tertiary/aromatic N) is 1. The van der Waals surface area contributed by atoms with E-state index in [4.69, 9.17) is 5.11 Å². The maximum absolute atomic E-state index is 12.0. The van der Waals surface area contributed by atoms with E-state index in [1.165, 1.54) is 0 Å². The predicted octanol–water partition coefficient (Wildman–Crippen LogP) is 1.98. The van der Waals surface area contributed by atoms with E-state index in [-0.39, 0.29) is 12.5 Å². The largest absolute Gasteiger partial charge is 0.481 e. The summed E-state index contributed by atoms with van der Waals surface area (Å²) < 4.78 is 0. The van der Waals surface area contributed by atoms with Crippen molar-refractivity contribution in [2.45, 2.75) is 51.1 Å². The second-order valence-electron chi connectivity index (χ2n) is 5.67. The lowest BCUT2D eigenvalue weighted by Gasteiger charge is -2.28. The summed E-state index contributed by atoms with van der Waals surface area (Å²) in [6, 6.07) is 1.57. The third kappa shape index (κ3) is 4.18. The van der Waals surface area contributed by atoms with Crippen LogP contribution in [0.25, 0.3) is 0 Å². The minimum Gasteiger partial charge on any atom is -0.481 e. The van der Waals surface area contributed by atoms with Gasteiger partial charge in [0.15, 0.2) is 0 Å². The normalized spacial score (nSPS) is 16.4. The monoisotopic (exact) mass is 291 g/mol. The van der Waals surface area contributed by atoms with Gasteiger partial charge >= 0.3 is 12.0 Å². The van der Waals surface area contributed by atoms with Crippen LogP contribution in [-0.4, -0.2) is 27.6 Å². The van der Waals surface area contributed by atoms with E-state index in [0.717, 1.165) is 36.8 Å². The molecule has 1 aliphatic carbocycles. The van der Waals surface area contributed by atoms with Crippen molar-refractivity contribution in [3.8, 4) is 0 Å². The Morgan fingerprint density at radius 1 is 1.38 bits per heavy atom. The first-order valence-electron chi connectivity index (χ1n) is 7.18. The van der Waals surface area contributed by atoms with Crippen molar-refractivity contribution in [3.05, 3.63) is 29.6 Å². The summed E-state index contributed by atoms with van der Waals surface area (Å²) >= 11 is 0. The Labute approximate surface area is 124 Å². The van der Waals surface area contributed by atoms with Gasteiger partial charge in [0.05, 0.1) is 12.0 Å². The Morgan fingerprint density at radius 3 is 2.71 bits per heavy atom. The number of carbonyl (C=O) groups excluding carboxylic acids is 1. The summed E-state index contributed by atoms with van der Waals surface area (Å²) in [6.45, 7) is 2.34. The van der Waals surface area contributed by atoms with Gasteiger partial charge in [0.25, 0.3) is 0 Å². The minimum absolute atomic E-state index is 0.0215. The molecule has 2 amide bonds. The van der Waals surface area contributed by atoms with Crippen molar-refractivity contribution in [2.75, 3.05) is 0 Å². The van der Waals surface area contributed by atoms with Crippen LogP contribution in [0.2, 0.25) is 0 Å². The van der Waals surface area contributed by atoms with E-state index < -0.39 is 11.5 Å². The molecular weight excluding hydrogens is 270 g/mol. The predicted molar refractivity (Wildman–Crippen MR) is 77.8 cm³/mol. The molecule has 21 heavy (non-hydrogen) atoms. The van der Waals surface area contributed by atoms with Crippen LogP contribution < -0.4 is 10.6 Å². The zero-order valence-corrected chi connectivity index (χ0v) is 12.2. The van der Waals surface area contributed by atoms with Crippen LogP contribution in [0.15, 0.2) is 18.5 Å². The lowest BCUT2D eigenvalue weighted by Crippen LogP contribution is -2.51. The van der Waals surface area contributed by atoms with Gasteiger partial charge < -0.3 is 15.7 Å². The molecule has 1 aromatic rings. The molecule has 3 N–H and O–H groups in total. The molecule has 1 heterocycles. The van der Waals surface area contributed by atoms with Gasteiger partial charge in [-0.25, -0.2) is 4.79 Å². The van der Waals surface area contributed by atoms with Crippen LogP contribution in [0.1, 0.15) is 43.2 Å². The highest BCUT2D eigenvalue weighted by Gasteiger charge is 2.37. The van der Waals surface area contributed by atoms with Gasteiger partial charge in [-0.15, -0.1) is 0 Å². The number of aromatic nitrogens is 1. The van der Waals surface area contributed by atoms with Crippen LogP contribution >= 0.6 is 0 Å². The smallest absolute Gasteiger partial charge is 0.315 e. The highest BCUT2D eigenvalue weighted by molar-refractivity contribution is 5.76. The molecule has 0 aliphatic heterocycles. The number of hydrogen-bond acceptors (Lipinski definition) is 3. The zero-order chi connectivity index (χ0) is 15.3. The number of aryl methyl sites for hydroxylation is 1. The minimum atomic E-state index is -0.875. The van der Waals surface area contributed by atoms with Crippen LogP contribution in [0.3, 0.4) is 0 Å². The first kappa shape index (κ1) is 15.3. The molecule has 0 spiro atoms. The molecule has 0 radical (unpaired) electrons. The second-order valence-corrected chi connectivity index (χ2v) is 5.67. The van der Waals surface area contributed by atoms with E-state index >= 15 is 0 Å². The van der Waals surface area contributed by atoms with Crippen molar-refractivity contribution in [3.63, 3.8) is 0 Å². The van der Waals surface area contributed by atoms with Gasteiger partial charge in [-0.3, -0.25) is 9.78 Å². The average Bonchev–Trinajstić information content (AvgIpc) is 2.85. The van der Waals surface area contributed by atoms with E-state index in [2.05, 4.69) is 15.6 Å². The summed E-state index contributed by atoms with van der Waals surface area (Å²) in [5.74, 6) is -0.875. The molecule has 114 valence electrons. The maximum atomic E-state index is 12.0. The standard InChI is InChI=1S/C15H21N3O3/c1-11-4-7-16-9-12(11)10-17-14(21)18-15(8-13(19)20)5-2-3-6-15/h4,7,9H,2-3,5-6,8,10H2,1H3,(H,19,20)(H2,17,18,21). The van der Waals surface area contributed by atoms with Gasteiger partial charge in [0.1, 0.15) is 0 Å². The third-order valence-corrected chi connectivity index (χ3v) is 4.02. The van der Waals surface area contributed by atoms with Crippen molar-refractivity contribution in [1.29, 1.82) is 0 Å². The fraction of sp³-hybridized carbons (Fsp3) is 0.533. The Balaban J connectivity index is 1.91. The zero-order valence-electron chi connectivity index (χ0n) is 12.2. The summed E-state index contributed by atoms with van der Waals surface area (Å²) in [5, 5.41) is 14.7. The van der Waals surface area contributed by atoms with Crippen LogP contribution in [0, 0.1) is 6.92 Å². The molecule has 6 nitrogen and oxygen atoms in total. The number of carbonyl (C=O) groups is 2. The van der Waals surface area contributed by atoms with Crippen molar-refractivity contribution >= 4 is 12.0 Å². The summed E-state index contributed by atoms with van der Waals surface area (Å²) in [4.78, 5) is 27.1. The Hall–Kier alpha value is -2.11. The number of pyridine rings is 1. The van der Waals surface area contributed by atoms with Crippen molar-refractivity contribution in [1.82, 2.24) is 15.6 Å². The maximum Gasteiger partial charge on any atom is 0.315 e. The molecule has 0 aromatic carbocycles. The SMILES string of the molecule is Cc1ccncc1CNC(=O)NC1(CC(=O)O)CCCC1. The Morgan fingerprint density at radius 2 is 2.10 bits per heavy atom. The van der Waals surface area contributed by atoms with Gasteiger partial charge in [-0.05, 0) is 37.0 Å². The fourth-order valence-corrected chi connectivity index (χ4v) is 2.83. The number of carboxylic acids is 1. The van der Waals surface area contributed by atoms with Crippen molar-refractivity contribution < 1.29 is 14.7 Å². The molecule has 6 heteroatoms. The number of nitrogens with one attached hydrogen (secondary N) is 2. The van der Waals surface area contributed by atoms with Gasteiger partial charge in [0.2, 0.25) is 0 Å². The first-order chi connectivity index (χ1) is 10.0. The summed E-state index contributed by atoms with van der Waals surface area (Å²) in [7, 11) is 0. The van der Waals surface area contributed by atoms with Gasteiger partial charge in [0, 0.05) is 18.9 Å². The molecule has 0 bridgehead atoms. The van der Waals surface area contributed by atoms with Crippen molar-refractivity contribution in [2.24, 2.45) is 0 Å². The van der Waals surface area contributed by atoms with Gasteiger partial charge in [-0.2, -0.15) is 0 Å². The summed E-state index contributed by atoms with van der Waals surface area (Å²) in [6.07, 6.45) is 6.76. The molecule has 1 fully saturated rings. The topological polar surface area (TPSA) is 91.3 Å². The van der Waals surface area contributed by atoms with Crippen LogP contribution in [0.4, 0.5) is 4.79 Å². The first-order valence-corrected chi connectivity index (χ1v) is 7.18. The molecule has 1 aliphatic rings. The van der Waals surface area contributed by atoms with E-state index in [0.29, 0.717) is 6.54 Å². The number of rotatable bonds is 5. The highest BCUT2D eigenvalue weighted by Crippen LogP contribution is 2.32. The van der Waals surface area contributed by atoms with E-state index in [1.54, 1.807) is 12.4 Å². The van der Waals surface area contributed by atoms with E-state index in [1.807, 2.05) is 13.0 Å². The highest BCUT2D eigenvalue weighted by atomic mass is 16.4. The Bertz CT molecular complexity index is 525. The number of hydrogen-bond donors (Lipinski definition) is 3. The number of urea groups is 1. The molecule has 1 aromatic heterocycles. The molecular formula is C15H21N3O3. The molecule has 0 atom stereocenters. The molecule has 2 rings (SSSR count). The lowest BCUT2D eigenvalue weighted by molar-refractivity contribution is -0.138. The third-order valence-electron chi connectivity index (χ3n) is 4.02. The van der Waals surface area contributed by atoms with Crippen LogP contribution in [-0.2, 0) is 11.3 Å². The molecule has 0 saturated heterocycles. The Kier molecular flexibility index (Phi) is 4.77. The number of amides is 2. The summed E-state index contributed by atoms with van der Waals surface area (Å²) in [5.41, 5.74) is 1.41. The van der Waals surface area contributed by atoms with Crippen LogP contribution in [0.5, 0.6) is 0 Å². The molecule has 1 saturated carbocycles. The lowest BCUT2D eigenvalue weighted by atomic mass is 9.93. The average molecular weight is 291 g/mol. The second kappa shape index (κ2) is 6.56. The fourth-order valence-electron chi connectivity index (χ4n) is 2.83. The van der Waals surface area contributed by atoms with E-state index in [9.17, 15) is 9.59 Å².